The number of carbonyl (C=O) groups excluding carboxylic acids is 4. The molecule has 2 saturated carbocycles. The Labute approximate surface area is 275 Å². The topological polar surface area (TPSA) is 118 Å². The Morgan fingerprint density at radius 2 is 1.48 bits per heavy atom. The number of carbonyl (C=O) groups is 4. The Balaban J connectivity index is 1.26. The van der Waals surface area contributed by atoms with Gasteiger partial charge in [0.05, 0.1) is 22.4 Å². The summed E-state index contributed by atoms with van der Waals surface area (Å²) < 4.78 is 30.6. The highest BCUT2D eigenvalue weighted by molar-refractivity contribution is 9.12. The van der Waals surface area contributed by atoms with Gasteiger partial charge < -0.3 is 4.18 Å². The van der Waals surface area contributed by atoms with Crippen molar-refractivity contribution in [1.29, 1.82) is 0 Å². The van der Waals surface area contributed by atoms with Gasteiger partial charge in [-0.3, -0.25) is 19.2 Å². The van der Waals surface area contributed by atoms with E-state index in [2.05, 4.69) is 31.9 Å². The maximum Gasteiger partial charge on any atom is 0.339 e. The molecule has 2 bridgehead atoms. The maximum absolute atomic E-state index is 13.8. The van der Waals surface area contributed by atoms with E-state index in [1.807, 2.05) is 6.92 Å². The van der Waals surface area contributed by atoms with E-state index < -0.39 is 52.0 Å². The second kappa shape index (κ2) is 11.7. The molecular weight excluding hydrogens is 740 g/mol. The molecule has 44 heavy (non-hydrogen) atoms. The molecule has 9 nitrogen and oxygen atoms in total. The second-order valence-corrected chi connectivity index (χ2v) is 15.2. The fraction of sp³-hybridized carbons (Fsp3) is 0.290. The minimum absolute atomic E-state index is 0.00430. The van der Waals surface area contributed by atoms with E-state index in [9.17, 15) is 27.6 Å². The number of benzene rings is 3. The van der Waals surface area contributed by atoms with Gasteiger partial charge in [-0.05, 0) is 73.7 Å². The number of hydrogen-bond donors (Lipinski definition) is 0. The molecule has 1 saturated heterocycles. The predicted octanol–water partition coefficient (Wildman–Crippen LogP) is 5.43. The number of hydrogen-bond acceptors (Lipinski definition) is 7. The van der Waals surface area contributed by atoms with Crippen LogP contribution in [0.15, 0.2) is 77.7 Å². The summed E-state index contributed by atoms with van der Waals surface area (Å²) in [6, 6.07) is 17.7. The minimum atomic E-state index is -4.11. The molecule has 3 amide bonds. The number of alkyl halides is 2. The number of ketones is 1. The van der Waals surface area contributed by atoms with E-state index in [1.54, 1.807) is 24.3 Å². The Kier molecular flexibility index (Phi) is 8.23. The van der Waals surface area contributed by atoms with Crippen LogP contribution in [0.5, 0.6) is 5.75 Å². The zero-order chi connectivity index (χ0) is 31.5. The summed E-state index contributed by atoms with van der Waals surface area (Å²) in [6.07, 6.45) is 0.706. The third kappa shape index (κ3) is 5.29. The highest BCUT2D eigenvalue weighted by Crippen LogP contribution is 2.60. The molecule has 1 aliphatic heterocycles. The zero-order valence-electron chi connectivity index (χ0n) is 23.1. The van der Waals surface area contributed by atoms with Gasteiger partial charge in [0.1, 0.15) is 17.2 Å². The molecule has 6 atom stereocenters. The zero-order valence-corrected chi connectivity index (χ0v) is 27.8. The SMILES string of the molecule is Cc1ccc(S(=O)(=O)Oc2ccc(C(=O)CN(C(=O)c3ccccc3Cl)N3C(=O)[C@@H]4[C@H]5C[C@@H]([C@@H](Br)[C@H]5Br)[C@H]4C3=O)cc2)cc1. The fourth-order valence-electron chi connectivity index (χ4n) is 6.38. The standard InChI is InChI=1S/C31H25Br2ClN2O7S/c1-16-6-12-19(13-7-16)44(41,42)43-18-10-8-17(9-11-18)24(37)15-35(29(38)20-4-2-3-5-23(20)34)36-30(39)25-21-14-22(26(25)31(36)40)28(33)27(21)32/h2-13,21-22,25-28H,14-15H2,1H3/t21-,22-,25-,26-,27-,28+/m1/s1. The number of imide groups is 1. The molecule has 0 spiro atoms. The number of hydrazine groups is 1. The van der Waals surface area contributed by atoms with Crippen molar-refractivity contribution >= 4 is 77.1 Å². The smallest absolute Gasteiger partial charge is 0.339 e. The first-order valence-corrected chi connectivity index (χ1v) is 17.4. The van der Waals surface area contributed by atoms with Crippen LogP contribution in [0.4, 0.5) is 0 Å². The largest absolute Gasteiger partial charge is 0.379 e. The third-order valence-corrected chi connectivity index (χ3v) is 13.3. The lowest BCUT2D eigenvalue weighted by molar-refractivity contribution is -0.154. The molecule has 0 aromatic heterocycles. The number of aryl methyl sites for hydroxylation is 1. The van der Waals surface area contributed by atoms with Gasteiger partial charge in [0.25, 0.3) is 17.7 Å². The first kappa shape index (κ1) is 30.9. The number of Topliss-reactive ketones (excluding diaryl/α,β-unsaturated/α-hetero) is 1. The summed E-state index contributed by atoms with van der Waals surface area (Å²) >= 11 is 13.6. The maximum atomic E-state index is 13.8. The molecule has 3 aliphatic rings. The summed E-state index contributed by atoms with van der Waals surface area (Å²) in [5.41, 5.74) is 1.04. The highest BCUT2D eigenvalue weighted by Gasteiger charge is 2.67. The van der Waals surface area contributed by atoms with Gasteiger partial charge in [-0.25, -0.2) is 5.01 Å². The third-order valence-electron chi connectivity index (χ3n) is 8.53. The molecule has 3 aromatic carbocycles. The van der Waals surface area contributed by atoms with E-state index in [1.165, 1.54) is 48.5 Å². The van der Waals surface area contributed by atoms with E-state index in [-0.39, 0.29) is 48.3 Å². The molecule has 1 heterocycles. The molecule has 2 aliphatic carbocycles. The van der Waals surface area contributed by atoms with Crippen LogP contribution in [-0.4, -0.2) is 58.1 Å². The molecule has 0 unspecified atom stereocenters. The van der Waals surface area contributed by atoms with Gasteiger partial charge in [0.15, 0.2) is 5.78 Å². The summed E-state index contributed by atoms with van der Waals surface area (Å²) in [5.74, 6) is -3.80. The van der Waals surface area contributed by atoms with Gasteiger partial charge in [-0.15, -0.1) is 0 Å². The number of nitrogens with zero attached hydrogens (tertiary/aromatic N) is 2. The fourth-order valence-corrected chi connectivity index (χ4v) is 9.40. The van der Waals surface area contributed by atoms with Crippen molar-refractivity contribution in [2.24, 2.45) is 23.7 Å². The van der Waals surface area contributed by atoms with Crippen molar-refractivity contribution in [1.82, 2.24) is 10.0 Å². The van der Waals surface area contributed by atoms with Crippen molar-refractivity contribution < 1.29 is 31.8 Å². The lowest BCUT2D eigenvalue weighted by Crippen LogP contribution is -2.52. The van der Waals surface area contributed by atoms with Crippen molar-refractivity contribution in [3.63, 3.8) is 0 Å². The summed E-state index contributed by atoms with van der Waals surface area (Å²) in [7, 11) is -4.11. The van der Waals surface area contributed by atoms with Crippen molar-refractivity contribution in [2.75, 3.05) is 6.54 Å². The Morgan fingerprint density at radius 3 is 2.05 bits per heavy atom. The van der Waals surface area contributed by atoms with E-state index in [0.29, 0.717) is 6.42 Å². The number of rotatable bonds is 8. The van der Waals surface area contributed by atoms with E-state index in [4.69, 9.17) is 15.8 Å². The van der Waals surface area contributed by atoms with Gasteiger partial charge in [-0.1, -0.05) is 73.3 Å². The monoisotopic (exact) mass is 762 g/mol. The lowest BCUT2D eigenvalue weighted by Gasteiger charge is -2.31. The van der Waals surface area contributed by atoms with Crippen LogP contribution in [0, 0.1) is 30.6 Å². The molecule has 6 rings (SSSR count). The Morgan fingerprint density at radius 1 is 0.909 bits per heavy atom. The molecule has 3 fully saturated rings. The Bertz CT molecular complexity index is 1750. The summed E-state index contributed by atoms with van der Waals surface area (Å²) in [5, 5.41) is 1.81. The van der Waals surface area contributed by atoms with Crippen LogP contribution < -0.4 is 4.18 Å². The Hall–Kier alpha value is -3.06. The average Bonchev–Trinajstić information content (AvgIpc) is 3.61. The lowest BCUT2D eigenvalue weighted by atomic mass is 9.81. The van der Waals surface area contributed by atoms with Crippen LogP contribution in [0.3, 0.4) is 0 Å². The molecule has 228 valence electrons. The molecule has 0 radical (unpaired) electrons. The predicted molar refractivity (Wildman–Crippen MR) is 168 cm³/mol. The van der Waals surface area contributed by atoms with Gasteiger partial charge >= 0.3 is 10.1 Å². The first-order valence-electron chi connectivity index (χ1n) is 13.8. The van der Waals surface area contributed by atoms with Crippen LogP contribution in [0.1, 0.15) is 32.7 Å². The number of amides is 3. The highest BCUT2D eigenvalue weighted by atomic mass is 79.9. The summed E-state index contributed by atoms with van der Waals surface area (Å²) in [6.45, 7) is 1.20. The van der Waals surface area contributed by atoms with Gasteiger partial charge in [0, 0.05) is 15.2 Å². The summed E-state index contributed by atoms with van der Waals surface area (Å²) in [4.78, 5) is 54.9. The number of fused-ring (bicyclic) bond motifs is 5. The average molecular weight is 765 g/mol. The molecule has 13 heteroatoms. The van der Waals surface area contributed by atoms with Crippen LogP contribution in [0.2, 0.25) is 5.02 Å². The van der Waals surface area contributed by atoms with Crippen molar-refractivity contribution in [3.8, 4) is 5.75 Å². The van der Waals surface area contributed by atoms with Gasteiger partial charge in [-0.2, -0.15) is 13.4 Å². The molecule has 3 aromatic rings. The number of halogens is 3. The first-order chi connectivity index (χ1) is 20.9. The molecule has 0 N–H and O–H groups in total. The van der Waals surface area contributed by atoms with E-state index >= 15 is 0 Å². The minimum Gasteiger partial charge on any atom is -0.379 e. The van der Waals surface area contributed by atoms with E-state index in [0.717, 1.165) is 15.6 Å². The van der Waals surface area contributed by atoms with Crippen LogP contribution in [0.25, 0.3) is 0 Å². The van der Waals surface area contributed by atoms with Crippen LogP contribution in [-0.2, 0) is 19.7 Å². The van der Waals surface area contributed by atoms with Gasteiger partial charge in [0.2, 0.25) is 0 Å². The molecular formula is C31H25Br2ClN2O7S. The second-order valence-electron chi connectivity index (χ2n) is 11.1. The normalized spacial score (nSPS) is 25.7. The van der Waals surface area contributed by atoms with Crippen LogP contribution >= 0.6 is 43.5 Å². The van der Waals surface area contributed by atoms with Crippen molar-refractivity contribution in [3.05, 3.63) is 94.5 Å². The quantitative estimate of drug-likeness (QED) is 0.130. The van der Waals surface area contributed by atoms with Crippen molar-refractivity contribution in [2.45, 2.75) is 27.9 Å².